The molecule has 0 spiro atoms. The van der Waals surface area contributed by atoms with E-state index in [-0.39, 0.29) is 5.91 Å². The molecule has 1 amide bonds. The van der Waals surface area contributed by atoms with E-state index in [4.69, 9.17) is 0 Å². The fourth-order valence-electron chi connectivity index (χ4n) is 2.64. The molecule has 1 saturated carbocycles. The lowest BCUT2D eigenvalue weighted by Crippen LogP contribution is -2.18. The van der Waals surface area contributed by atoms with Crippen LogP contribution in [-0.2, 0) is 0 Å². The van der Waals surface area contributed by atoms with E-state index < -0.39 is 0 Å². The first-order valence-corrected chi connectivity index (χ1v) is 7.69. The van der Waals surface area contributed by atoms with E-state index in [0.29, 0.717) is 11.7 Å². The molecule has 1 aliphatic rings. The maximum atomic E-state index is 12.1. The van der Waals surface area contributed by atoms with E-state index >= 15 is 0 Å². The minimum Gasteiger partial charge on any atom is -0.366 e. The molecule has 5 nitrogen and oxygen atoms in total. The second-order valence-electron chi connectivity index (χ2n) is 5.75. The van der Waals surface area contributed by atoms with Crippen LogP contribution < -0.4 is 10.6 Å². The third kappa shape index (κ3) is 3.61. The molecule has 2 aromatic rings. The van der Waals surface area contributed by atoms with Crippen molar-refractivity contribution in [2.24, 2.45) is 0 Å². The molecule has 0 aliphatic heterocycles. The first-order chi connectivity index (χ1) is 10.7. The molecular formula is C17H20N4O. The van der Waals surface area contributed by atoms with E-state index in [1.807, 2.05) is 37.3 Å². The quantitative estimate of drug-likeness (QED) is 0.907. The van der Waals surface area contributed by atoms with Gasteiger partial charge >= 0.3 is 0 Å². The first-order valence-electron chi connectivity index (χ1n) is 7.69. The Hall–Kier alpha value is -2.43. The van der Waals surface area contributed by atoms with E-state index in [2.05, 4.69) is 20.8 Å². The molecule has 5 heteroatoms. The topological polar surface area (TPSA) is 66.9 Å². The summed E-state index contributed by atoms with van der Waals surface area (Å²) in [6.07, 6.45) is 4.89. The van der Waals surface area contributed by atoms with E-state index in [1.165, 1.54) is 25.7 Å². The third-order valence-corrected chi connectivity index (χ3v) is 3.91. The number of hydrogen-bond donors (Lipinski definition) is 2. The highest BCUT2D eigenvalue weighted by atomic mass is 16.1. The second kappa shape index (κ2) is 6.56. The number of nitrogens with one attached hydrogen (secondary N) is 2. The predicted molar refractivity (Wildman–Crippen MR) is 87.0 cm³/mol. The Morgan fingerprint density at radius 3 is 2.41 bits per heavy atom. The van der Waals surface area contributed by atoms with Crippen molar-refractivity contribution in [1.82, 2.24) is 10.2 Å². The van der Waals surface area contributed by atoms with Gasteiger partial charge in [-0.15, -0.1) is 10.2 Å². The monoisotopic (exact) mass is 296 g/mol. The first kappa shape index (κ1) is 14.5. The summed E-state index contributed by atoms with van der Waals surface area (Å²) in [7, 11) is 0. The molecule has 114 valence electrons. The SMILES string of the molecule is Cc1ccc(NC(=O)c2ccc(NC3CCCC3)nn2)cc1. The summed E-state index contributed by atoms with van der Waals surface area (Å²) >= 11 is 0. The normalized spacial score (nSPS) is 14.8. The number of anilines is 2. The number of aromatic nitrogens is 2. The van der Waals surface area contributed by atoms with Gasteiger partial charge in [0.25, 0.3) is 5.91 Å². The molecule has 0 radical (unpaired) electrons. The Morgan fingerprint density at radius 1 is 1.05 bits per heavy atom. The Labute approximate surface area is 130 Å². The van der Waals surface area contributed by atoms with Gasteiger partial charge in [0.15, 0.2) is 5.69 Å². The zero-order valence-electron chi connectivity index (χ0n) is 12.7. The minimum absolute atomic E-state index is 0.247. The van der Waals surface area contributed by atoms with Crippen LogP contribution in [0.3, 0.4) is 0 Å². The van der Waals surface area contributed by atoms with Crippen LogP contribution in [-0.4, -0.2) is 22.1 Å². The van der Waals surface area contributed by atoms with Crippen molar-refractivity contribution in [3.05, 3.63) is 47.7 Å². The maximum absolute atomic E-state index is 12.1. The molecule has 1 heterocycles. The number of amides is 1. The molecule has 1 aliphatic carbocycles. The standard InChI is InChI=1S/C17H20N4O/c1-12-6-8-14(9-7-12)19-17(22)15-10-11-16(21-20-15)18-13-4-2-3-5-13/h6-11,13H,2-5H2,1H3,(H,18,21)(H,19,22). The molecule has 0 saturated heterocycles. The fourth-order valence-corrected chi connectivity index (χ4v) is 2.64. The summed E-state index contributed by atoms with van der Waals surface area (Å²) in [6, 6.07) is 11.7. The van der Waals surface area contributed by atoms with Crippen molar-refractivity contribution in [2.45, 2.75) is 38.6 Å². The summed E-state index contributed by atoms with van der Waals surface area (Å²) in [6.45, 7) is 2.01. The molecule has 1 aromatic heterocycles. The number of benzene rings is 1. The van der Waals surface area contributed by atoms with Crippen molar-refractivity contribution in [3.8, 4) is 0 Å². The highest BCUT2D eigenvalue weighted by molar-refractivity contribution is 6.02. The van der Waals surface area contributed by atoms with Crippen LogP contribution in [0.25, 0.3) is 0 Å². The smallest absolute Gasteiger partial charge is 0.276 e. The van der Waals surface area contributed by atoms with Crippen molar-refractivity contribution in [2.75, 3.05) is 10.6 Å². The van der Waals surface area contributed by atoms with Gasteiger partial charge in [-0.05, 0) is 44.0 Å². The molecule has 2 N–H and O–H groups in total. The summed E-state index contributed by atoms with van der Waals surface area (Å²) < 4.78 is 0. The molecule has 1 fully saturated rings. The van der Waals surface area contributed by atoms with E-state index in [1.54, 1.807) is 6.07 Å². The number of hydrogen-bond acceptors (Lipinski definition) is 4. The Morgan fingerprint density at radius 2 is 1.77 bits per heavy atom. The average molecular weight is 296 g/mol. The van der Waals surface area contributed by atoms with Crippen LogP contribution in [0.1, 0.15) is 41.7 Å². The van der Waals surface area contributed by atoms with Crippen molar-refractivity contribution >= 4 is 17.4 Å². The average Bonchev–Trinajstić information content (AvgIpc) is 3.03. The lowest BCUT2D eigenvalue weighted by Gasteiger charge is -2.11. The summed E-state index contributed by atoms with van der Waals surface area (Å²) in [4.78, 5) is 12.1. The van der Waals surface area contributed by atoms with Gasteiger partial charge in [-0.2, -0.15) is 0 Å². The van der Waals surface area contributed by atoms with Gasteiger partial charge in [-0.25, -0.2) is 0 Å². The van der Waals surface area contributed by atoms with Gasteiger partial charge in [0, 0.05) is 11.7 Å². The lowest BCUT2D eigenvalue weighted by atomic mass is 10.2. The zero-order chi connectivity index (χ0) is 15.4. The van der Waals surface area contributed by atoms with Crippen molar-refractivity contribution in [3.63, 3.8) is 0 Å². The maximum Gasteiger partial charge on any atom is 0.276 e. The Bertz CT molecular complexity index is 631. The van der Waals surface area contributed by atoms with Crippen LogP contribution in [0.2, 0.25) is 0 Å². The second-order valence-corrected chi connectivity index (χ2v) is 5.75. The molecular weight excluding hydrogens is 276 g/mol. The lowest BCUT2D eigenvalue weighted by molar-refractivity contribution is 0.102. The highest BCUT2D eigenvalue weighted by Crippen LogP contribution is 2.21. The predicted octanol–water partition coefficient (Wildman–Crippen LogP) is 3.39. The molecule has 22 heavy (non-hydrogen) atoms. The molecule has 1 aromatic carbocycles. The summed E-state index contributed by atoms with van der Waals surface area (Å²) in [5.41, 5.74) is 2.23. The number of carbonyl (C=O) groups excluding carboxylic acids is 1. The van der Waals surface area contributed by atoms with Crippen molar-refractivity contribution < 1.29 is 4.79 Å². The Balaban J connectivity index is 1.61. The van der Waals surface area contributed by atoms with Gasteiger partial charge in [-0.3, -0.25) is 4.79 Å². The molecule has 0 bridgehead atoms. The Kier molecular flexibility index (Phi) is 4.32. The largest absolute Gasteiger partial charge is 0.366 e. The van der Waals surface area contributed by atoms with Crippen LogP contribution in [0.15, 0.2) is 36.4 Å². The molecule has 3 rings (SSSR count). The third-order valence-electron chi connectivity index (χ3n) is 3.91. The molecule has 0 atom stereocenters. The van der Waals surface area contributed by atoms with E-state index in [9.17, 15) is 4.79 Å². The zero-order valence-corrected chi connectivity index (χ0v) is 12.7. The van der Waals surface area contributed by atoms with Crippen LogP contribution in [0.5, 0.6) is 0 Å². The number of aryl methyl sites for hydroxylation is 1. The number of carbonyl (C=O) groups is 1. The number of nitrogens with zero attached hydrogens (tertiary/aromatic N) is 2. The van der Waals surface area contributed by atoms with Gasteiger partial charge in [0.05, 0.1) is 0 Å². The van der Waals surface area contributed by atoms with E-state index in [0.717, 1.165) is 17.1 Å². The minimum atomic E-state index is -0.247. The fraction of sp³-hybridized carbons (Fsp3) is 0.353. The highest BCUT2D eigenvalue weighted by Gasteiger charge is 2.15. The van der Waals surface area contributed by atoms with Gasteiger partial charge in [0.2, 0.25) is 0 Å². The van der Waals surface area contributed by atoms with Crippen LogP contribution in [0, 0.1) is 6.92 Å². The van der Waals surface area contributed by atoms with Crippen LogP contribution >= 0.6 is 0 Å². The van der Waals surface area contributed by atoms with Gasteiger partial charge in [-0.1, -0.05) is 30.5 Å². The van der Waals surface area contributed by atoms with Gasteiger partial charge < -0.3 is 10.6 Å². The summed E-state index contributed by atoms with van der Waals surface area (Å²) in [5, 5.41) is 14.3. The summed E-state index contributed by atoms with van der Waals surface area (Å²) in [5.74, 6) is 0.488. The van der Waals surface area contributed by atoms with Crippen molar-refractivity contribution in [1.29, 1.82) is 0 Å². The van der Waals surface area contributed by atoms with Crippen LogP contribution in [0.4, 0.5) is 11.5 Å². The number of rotatable bonds is 4. The molecule has 0 unspecified atom stereocenters. The van der Waals surface area contributed by atoms with Gasteiger partial charge in [0.1, 0.15) is 5.82 Å².